The summed E-state index contributed by atoms with van der Waals surface area (Å²) in [6, 6.07) is 7.56. The van der Waals surface area contributed by atoms with E-state index in [9.17, 15) is 9.59 Å². The van der Waals surface area contributed by atoms with Crippen LogP contribution in [-0.2, 0) is 4.79 Å². The van der Waals surface area contributed by atoms with Crippen LogP contribution < -0.4 is 15.5 Å². The predicted molar refractivity (Wildman–Crippen MR) is 94.3 cm³/mol. The molecule has 24 heavy (non-hydrogen) atoms. The molecule has 0 aromatic carbocycles. The van der Waals surface area contributed by atoms with Gasteiger partial charge in [0.05, 0.1) is 12.6 Å². The normalized spacial score (nSPS) is 15.7. The molecule has 0 spiro atoms. The van der Waals surface area contributed by atoms with Gasteiger partial charge in [0.25, 0.3) is 5.91 Å². The van der Waals surface area contributed by atoms with Crippen LogP contribution in [0.3, 0.4) is 0 Å². The van der Waals surface area contributed by atoms with Crippen molar-refractivity contribution in [3.8, 4) is 0 Å². The highest BCUT2D eigenvalue weighted by molar-refractivity contribution is 7.10. The molecule has 2 aromatic rings. The van der Waals surface area contributed by atoms with Crippen LogP contribution in [0.5, 0.6) is 0 Å². The molecule has 1 atom stereocenters. The van der Waals surface area contributed by atoms with Gasteiger partial charge in [0.1, 0.15) is 5.69 Å². The lowest BCUT2D eigenvalue weighted by atomic mass is 10.1. The fourth-order valence-corrected chi connectivity index (χ4v) is 3.56. The monoisotopic (exact) mass is 344 g/mol. The van der Waals surface area contributed by atoms with Crippen LogP contribution in [0.25, 0.3) is 0 Å². The zero-order valence-electron chi connectivity index (χ0n) is 13.5. The van der Waals surface area contributed by atoms with E-state index in [0.717, 1.165) is 23.5 Å². The minimum absolute atomic E-state index is 0.00666. The molecule has 1 fully saturated rings. The number of carbonyl (C=O) groups is 2. The van der Waals surface area contributed by atoms with Gasteiger partial charge < -0.3 is 15.5 Å². The molecule has 1 unspecified atom stereocenters. The Kier molecular flexibility index (Phi) is 5.10. The van der Waals surface area contributed by atoms with E-state index in [-0.39, 0.29) is 17.9 Å². The topological polar surface area (TPSA) is 74.3 Å². The molecule has 2 aromatic heterocycles. The number of thiophene rings is 1. The molecule has 7 heteroatoms. The maximum atomic E-state index is 12.5. The number of rotatable bonds is 5. The van der Waals surface area contributed by atoms with Gasteiger partial charge >= 0.3 is 0 Å². The van der Waals surface area contributed by atoms with E-state index in [1.165, 1.54) is 0 Å². The first-order chi connectivity index (χ1) is 11.7. The molecule has 3 rings (SSSR count). The van der Waals surface area contributed by atoms with Gasteiger partial charge in [-0.2, -0.15) is 0 Å². The van der Waals surface area contributed by atoms with Crippen molar-refractivity contribution in [1.29, 1.82) is 0 Å². The highest BCUT2D eigenvalue weighted by Gasteiger charge is 2.19. The molecule has 0 bridgehead atoms. The van der Waals surface area contributed by atoms with Gasteiger partial charge in [0.2, 0.25) is 5.91 Å². The highest BCUT2D eigenvalue weighted by atomic mass is 32.1. The lowest BCUT2D eigenvalue weighted by molar-refractivity contribution is -0.120. The summed E-state index contributed by atoms with van der Waals surface area (Å²) in [5.41, 5.74) is 1.21. The van der Waals surface area contributed by atoms with Gasteiger partial charge in [-0.1, -0.05) is 13.0 Å². The van der Waals surface area contributed by atoms with Gasteiger partial charge in [-0.25, -0.2) is 0 Å². The van der Waals surface area contributed by atoms with Gasteiger partial charge in [-0.05, 0) is 30.0 Å². The van der Waals surface area contributed by atoms with Gasteiger partial charge in [0.15, 0.2) is 0 Å². The molecule has 0 radical (unpaired) electrons. The van der Waals surface area contributed by atoms with E-state index in [4.69, 9.17) is 0 Å². The van der Waals surface area contributed by atoms with E-state index in [1.807, 2.05) is 35.4 Å². The molecule has 126 valence electrons. The zero-order chi connectivity index (χ0) is 16.9. The fraction of sp³-hybridized carbons (Fsp3) is 0.353. The van der Waals surface area contributed by atoms with Crippen LogP contribution in [-0.4, -0.2) is 36.4 Å². The summed E-state index contributed by atoms with van der Waals surface area (Å²) in [5.74, 6) is -0.202. The van der Waals surface area contributed by atoms with Crippen LogP contribution in [0.2, 0.25) is 0 Å². The van der Waals surface area contributed by atoms with Crippen molar-refractivity contribution in [3.05, 3.63) is 46.4 Å². The molecule has 6 nitrogen and oxygen atoms in total. The number of carbonyl (C=O) groups excluding carboxylic acids is 2. The first-order valence-electron chi connectivity index (χ1n) is 7.99. The van der Waals surface area contributed by atoms with Crippen LogP contribution in [0, 0.1) is 0 Å². The second-order valence-corrected chi connectivity index (χ2v) is 6.60. The molecule has 2 amide bonds. The van der Waals surface area contributed by atoms with Crippen molar-refractivity contribution in [2.75, 3.05) is 24.5 Å². The quantitative estimate of drug-likeness (QED) is 0.869. The number of anilines is 1. The van der Waals surface area contributed by atoms with Crippen molar-refractivity contribution in [3.63, 3.8) is 0 Å². The Hall–Kier alpha value is -2.41. The number of nitrogens with one attached hydrogen (secondary N) is 2. The molecule has 2 N–H and O–H groups in total. The molecular weight excluding hydrogens is 324 g/mol. The maximum Gasteiger partial charge on any atom is 0.270 e. The summed E-state index contributed by atoms with van der Waals surface area (Å²) in [5, 5.41) is 7.83. The Labute approximate surface area is 144 Å². The molecule has 0 saturated carbocycles. The molecule has 0 aliphatic carbocycles. The van der Waals surface area contributed by atoms with E-state index < -0.39 is 0 Å². The van der Waals surface area contributed by atoms with Crippen molar-refractivity contribution in [1.82, 2.24) is 15.6 Å². The standard InChI is InChI=1S/C17H20N4O2S/c1-2-13(15-4-3-9-24-15)20-17(23)14-10-12(5-6-18-14)21-8-7-19-16(22)11-21/h3-6,9-10,13H,2,7-8,11H2,1H3,(H,19,22)(H,20,23). The first-order valence-corrected chi connectivity index (χ1v) is 8.87. The highest BCUT2D eigenvalue weighted by Crippen LogP contribution is 2.22. The summed E-state index contributed by atoms with van der Waals surface area (Å²) in [6.45, 7) is 3.68. The Morgan fingerprint density at radius 3 is 3.08 bits per heavy atom. The van der Waals surface area contributed by atoms with Crippen molar-refractivity contribution >= 4 is 28.8 Å². The molecule has 1 aliphatic rings. The zero-order valence-corrected chi connectivity index (χ0v) is 14.3. The van der Waals surface area contributed by atoms with Crippen LogP contribution in [0.15, 0.2) is 35.8 Å². The molecular formula is C17H20N4O2S. The van der Waals surface area contributed by atoms with Gasteiger partial charge in [-0.3, -0.25) is 14.6 Å². The van der Waals surface area contributed by atoms with E-state index in [1.54, 1.807) is 23.6 Å². The second kappa shape index (κ2) is 7.44. The fourth-order valence-electron chi connectivity index (χ4n) is 2.70. The number of pyridine rings is 1. The predicted octanol–water partition coefficient (Wildman–Crippen LogP) is 1.96. The Morgan fingerprint density at radius 1 is 1.50 bits per heavy atom. The van der Waals surface area contributed by atoms with E-state index in [2.05, 4.69) is 15.6 Å². The smallest absolute Gasteiger partial charge is 0.270 e. The van der Waals surface area contributed by atoms with Crippen LogP contribution in [0.4, 0.5) is 5.69 Å². The number of hydrogen-bond acceptors (Lipinski definition) is 5. The molecule has 1 saturated heterocycles. The summed E-state index contributed by atoms with van der Waals surface area (Å²) >= 11 is 1.63. The van der Waals surface area contributed by atoms with Crippen LogP contribution >= 0.6 is 11.3 Å². The van der Waals surface area contributed by atoms with E-state index >= 15 is 0 Å². The summed E-state index contributed by atoms with van der Waals surface area (Å²) in [6.07, 6.45) is 2.43. The summed E-state index contributed by atoms with van der Waals surface area (Å²) in [7, 11) is 0. The minimum atomic E-state index is -0.196. The largest absolute Gasteiger partial charge is 0.360 e. The molecule has 3 heterocycles. The number of amides is 2. The first kappa shape index (κ1) is 16.4. The third kappa shape index (κ3) is 3.73. The molecule has 1 aliphatic heterocycles. The number of aromatic nitrogens is 1. The average molecular weight is 344 g/mol. The van der Waals surface area contributed by atoms with Gasteiger partial charge in [0, 0.05) is 29.9 Å². The Balaban J connectivity index is 1.73. The number of hydrogen-bond donors (Lipinski definition) is 2. The van der Waals surface area contributed by atoms with Crippen LogP contribution in [0.1, 0.15) is 34.8 Å². The average Bonchev–Trinajstić information content (AvgIpc) is 3.14. The number of piperazine rings is 1. The lowest BCUT2D eigenvalue weighted by Crippen LogP contribution is -2.47. The Bertz CT molecular complexity index is 717. The third-order valence-corrected chi connectivity index (χ3v) is 4.97. The minimum Gasteiger partial charge on any atom is -0.360 e. The van der Waals surface area contributed by atoms with E-state index in [0.29, 0.717) is 18.8 Å². The van der Waals surface area contributed by atoms with Gasteiger partial charge in [-0.15, -0.1) is 11.3 Å². The third-order valence-electron chi connectivity index (χ3n) is 3.98. The Morgan fingerprint density at radius 2 is 2.38 bits per heavy atom. The second-order valence-electron chi connectivity index (χ2n) is 5.62. The summed E-state index contributed by atoms with van der Waals surface area (Å²) in [4.78, 5) is 31.3. The SMILES string of the molecule is CCC(NC(=O)c1cc(N2CCNC(=O)C2)ccn1)c1cccs1. The van der Waals surface area contributed by atoms with Crippen molar-refractivity contribution in [2.24, 2.45) is 0 Å². The van der Waals surface area contributed by atoms with Crippen molar-refractivity contribution in [2.45, 2.75) is 19.4 Å². The number of nitrogens with zero attached hydrogens (tertiary/aromatic N) is 2. The van der Waals surface area contributed by atoms with Crippen molar-refractivity contribution < 1.29 is 9.59 Å². The maximum absolute atomic E-state index is 12.5. The summed E-state index contributed by atoms with van der Waals surface area (Å²) < 4.78 is 0. The lowest BCUT2D eigenvalue weighted by Gasteiger charge is -2.28.